The van der Waals surface area contributed by atoms with Crippen molar-refractivity contribution in [2.24, 2.45) is 11.7 Å². The van der Waals surface area contributed by atoms with Crippen LogP contribution in [0.5, 0.6) is 0 Å². The van der Waals surface area contributed by atoms with Gasteiger partial charge in [0.25, 0.3) is 5.97 Å². The monoisotopic (exact) mass is 430 g/mol. The molecule has 0 saturated heterocycles. The van der Waals surface area contributed by atoms with Gasteiger partial charge in [0.05, 0.1) is 19.8 Å². The van der Waals surface area contributed by atoms with Gasteiger partial charge in [0.2, 0.25) is 0 Å². The number of unbranched alkanes of at least 4 members (excludes halogenated alkanes) is 6. The van der Waals surface area contributed by atoms with E-state index in [1.165, 1.54) is 44.9 Å². The predicted molar refractivity (Wildman–Crippen MR) is 124 cm³/mol. The number of carbonyl (C=O) groups is 1. The highest BCUT2D eigenvalue weighted by Crippen LogP contribution is 2.25. The fourth-order valence-corrected chi connectivity index (χ4v) is 3.42. The Hall–Kier alpha value is -0.850. The van der Waals surface area contributed by atoms with Crippen molar-refractivity contribution < 1.29 is 19.0 Å². The lowest BCUT2D eigenvalue weighted by Crippen LogP contribution is -2.40. The molecule has 6 heteroatoms. The fraction of sp³-hybridized carbons (Fsp3) is 0.958. The van der Waals surface area contributed by atoms with E-state index < -0.39 is 12.0 Å². The first-order chi connectivity index (χ1) is 14.5. The number of hydrogen-bond donors (Lipinski definition) is 2. The molecule has 0 fully saturated rings. The van der Waals surface area contributed by atoms with Gasteiger partial charge >= 0.3 is 6.03 Å². The minimum absolute atomic E-state index is 0.426. The Kier molecular flexibility index (Phi) is 19.5. The van der Waals surface area contributed by atoms with E-state index in [-0.39, 0.29) is 0 Å². The molecule has 0 aromatic heterocycles. The molecular formula is C24H50N2O4. The van der Waals surface area contributed by atoms with Gasteiger partial charge in [-0.05, 0) is 38.0 Å². The molecule has 1 atom stereocenters. The summed E-state index contributed by atoms with van der Waals surface area (Å²) in [5.74, 6) is -0.207. The fourth-order valence-electron chi connectivity index (χ4n) is 3.42. The van der Waals surface area contributed by atoms with Gasteiger partial charge in [-0.1, -0.05) is 72.6 Å². The summed E-state index contributed by atoms with van der Waals surface area (Å²) in [5, 5.41) is 2.66. The average Bonchev–Trinajstić information content (AvgIpc) is 2.72. The van der Waals surface area contributed by atoms with Gasteiger partial charge in [0.1, 0.15) is 0 Å². The minimum Gasteiger partial charge on any atom is -0.352 e. The number of hydrogen-bond acceptors (Lipinski definition) is 4. The van der Waals surface area contributed by atoms with Crippen LogP contribution in [0.1, 0.15) is 111 Å². The van der Waals surface area contributed by atoms with Gasteiger partial charge in [-0.3, -0.25) is 0 Å². The number of primary amides is 1. The van der Waals surface area contributed by atoms with Crippen molar-refractivity contribution >= 4 is 6.03 Å². The first-order valence-corrected chi connectivity index (χ1v) is 12.4. The molecule has 0 rings (SSSR count). The highest BCUT2D eigenvalue weighted by molar-refractivity contribution is 5.71. The number of rotatable bonds is 22. The molecule has 0 aromatic carbocycles. The molecule has 0 aliphatic carbocycles. The molecule has 180 valence electrons. The third-order valence-electron chi connectivity index (χ3n) is 5.19. The van der Waals surface area contributed by atoms with Crippen LogP contribution in [-0.2, 0) is 14.2 Å². The Morgan fingerprint density at radius 2 is 1.27 bits per heavy atom. The van der Waals surface area contributed by atoms with Crippen LogP contribution >= 0.6 is 0 Å². The molecule has 3 N–H and O–H groups in total. The van der Waals surface area contributed by atoms with Crippen LogP contribution in [-0.4, -0.2) is 38.4 Å². The lowest BCUT2D eigenvalue weighted by molar-refractivity contribution is -0.383. The van der Waals surface area contributed by atoms with Crippen LogP contribution in [0, 0.1) is 5.92 Å². The number of carbonyl (C=O) groups excluding carboxylic acids is 1. The topological polar surface area (TPSA) is 82.8 Å². The van der Waals surface area contributed by atoms with Gasteiger partial charge in [0, 0.05) is 13.0 Å². The van der Waals surface area contributed by atoms with E-state index >= 15 is 0 Å². The van der Waals surface area contributed by atoms with Crippen LogP contribution in [0.3, 0.4) is 0 Å². The highest BCUT2D eigenvalue weighted by atomic mass is 16.9. The predicted octanol–water partition coefficient (Wildman–Crippen LogP) is 6.13. The first-order valence-electron chi connectivity index (χ1n) is 12.4. The maximum atomic E-state index is 10.7. The molecule has 0 heterocycles. The summed E-state index contributed by atoms with van der Waals surface area (Å²) in [4.78, 5) is 10.7. The van der Waals surface area contributed by atoms with Gasteiger partial charge in [0.15, 0.2) is 0 Å². The van der Waals surface area contributed by atoms with Crippen molar-refractivity contribution in [3.05, 3.63) is 0 Å². The van der Waals surface area contributed by atoms with Crippen LogP contribution in [0.15, 0.2) is 0 Å². The maximum absolute atomic E-state index is 10.7. The van der Waals surface area contributed by atoms with Crippen molar-refractivity contribution in [1.29, 1.82) is 0 Å². The Morgan fingerprint density at radius 1 is 0.800 bits per heavy atom. The first kappa shape index (κ1) is 29.1. The van der Waals surface area contributed by atoms with Crippen LogP contribution in [0.2, 0.25) is 0 Å². The van der Waals surface area contributed by atoms with Gasteiger partial charge in [-0.15, -0.1) is 0 Å². The zero-order valence-electron chi connectivity index (χ0n) is 20.3. The van der Waals surface area contributed by atoms with Crippen LogP contribution < -0.4 is 11.1 Å². The number of amides is 2. The Morgan fingerprint density at radius 3 is 1.73 bits per heavy atom. The number of ether oxygens (including phenoxy) is 3. The standard InChI is InChI=1S/C24H50N2O4/c1-5-19-28-24(29-20-6-2,30-21-7-3)17-14-12-10-8-9-11-13-15-22(4)16-18-26-23(25)27/h22H,5-21H2,1-4H3,(H3,25,26,27). The number of nitrogens with one attached hydrogen (secondary N) is 1. The summed E-state index contributed by atoms with van der Waals surface area (Å²) in [6.07, 6.45) is 14.6. The molecule has 2 amide bonds. The molecular weight excluding hydrogens is 380 g/mol. The molecule has 1 unspecified atom stereocenters. The maximum Gasteiger partial charge on any atom is 0.312 e. The van der Waals surface area contributed by atoms with E-state index in [4.69, 9.17) is 19.9 Å². The summed E-state index contributed by atoms with van der Waals surface area (Å²) in [7, 11) is 0. The largest absolute Gasteiger partial charge is 0.352 e. The van der Waals surface area contributed by atoms with E-state index in [9.17, 15) is 4.79 Å². The van der Waals surface area contributed by atoms with E-state index in [1.807, 2.05) is 0 Å². The average molecular weight is 431 g/mol. The van der Waals surface area contributed by atoms with Crippen molar-refractivity contribution in [3.63, 3.8) is 0 Å². The summed E-state index contributed by atoms with van der Waals surface area (Å²) in [6.45, 7) is 11.3. The molecule has 0 bridgehead atoms. The normalized spacial score (nSPS) is 12.8. The lowest BCUT2D eigenvalue weighted by atomic mass is 9.99. The molecule has 0 radical (unpaired) electrons. The third-order valence-corrected chi connectivity index (χ3v) is 5.19. The van der Waals surface area contributed by atoms with E-state index in [0.717, 1.165) is 38.5 Å². The summed E-state index contributed by atoms with van der Waals surface area (Å²) in [6, 6.07) is -0.426. The quantitative estimate of drug-likeness (QED) is 0.160. The minimum atomic E-state index is -0.846. The highest BCUT2D eigenvalue weighted by Gasteiger charge is 2.32. The third kappa shape index (κ3) is 16.9. The van der Waals surface area contributed by atoms with E-state index in [0.29, 0.717) is 32.3 Å². The molecule has 0 aromatic rings. The second-order valence-corrected chi connectivity index (χ2v) is 8.43. The molecule has 0 spiro atoms. The van der Waals surface area contributed by atoms with Crippen molar-refractivity contribution in [3.8, 4) is 0 Å². The number of urea groups is 1. The second-order valence-electron chi connectivity index (χ2n) is 8.43. The summed E-state index contributed by atoms with van der Waals surface area (Å²) in [5.41, 5.74) is 5.09. The molecule has 0 aliphatic heterocycles. The van der Waals surface area contributed by atoms with Gasteiger partial charge in [-0.25, -0.2) is 4.79 Å². The summed E-state index contributed by atoms with van der Waals surface area (Å²) < 4.78 is 18.1. The molecule has 6 nitrogen and oxygen atoms in total. The SMILES string of the molecule is CCCOC(CCCCCCCCCC(C)CCNC(N)=O)(OCCC)OCCC. The van der Waals surface area contributed by atoms with Gasteiger partial charge in [-0.2, -0.15) is 0 Å². The van der Waals surface area contributed by atoms with Gasteiger partial charge < -0.3 is 25.3 Å². The summed E-state index contributed by atoms with van der Waals surface area (Å²) >= 11 is 0. The zero-order chi connectivity index (χ0) is 22.5. The van der Waals surface area contributed by atoms with Crippen molar-refractivity contribution in [2.75, 3.05) is 26.4 Å². The second kappa shape index (κ2) is 20.1. The molecule has 30 heavy (non-hydrogen) atoms. The van der Waals surface area contributed by atoms with Crippen molar-refractivity contribution in [2.45, 2.75) is 117 Å². The lowest BCUT2D eigenvalue weighted by Gasteiger charge is -2.33. The van der Waals surface area contributed by atoms with E-state index in [2.05, 4.69) is 33.0 Å². The van der Waals surface area contributed by atoms with Crippen molar-refractivity contribution in [1.82, 2.24) is 5.32 Å². The zero-order valence-corrected chi connectivity index (χ0v) is 20.3. The Labute approximate surface area is 186 Å². The smallest absolute Gasteiger partial charge is 0.312 e. The van der Waals surface area contributed by atoms with Crippen LogP contribution in [0.4, 0.5) is 4.79 Å². The van der Waals surface area contributed by atoms with Crippen LogP contribution in [0.25, 0.3) is 0 Å². The molecule has 0 aliphatic rings. The number of nitrogens with two attached hydrogens (primary N) is 1. The Balaban J connectivity index is 3.92. The van der Waals surface area contributed by atoms with E-state index in [1.54, 1.807) is 0 Å². The Bertz CT molecular complexity index is 372. The molecule has 0 saturated carbocycles.